The van der Waals surface area contributed by atoms with Crippen molar-refractivity contribution in [3.8, 4) is 5.75 Å². The molecule has 1 saturated carbocycles. The topological polar surface area (TPSA) is 38.3 Å². The zero-order valence-corrected chi connectivity index (χ0v) is 11.5. The smallest absolute Gasteiger partial charge is 0.223 e. The lowest BCUT2D eigenvalue weighted by Crippen LogP contribution is -2.38. The lowest BCUT2D eigenvalue weighted by Gasteiger charge is -2.21. The first kappa shape index (κ1) is 13.4. The van der Waals surface area contributed by atoms with E-state index in [1.807, 2.05) is 0 Å². The molecule has 3 rings (SSSR count). The first-order valence-electron chi connectivity index (χ1n) is 7.45. The van der Waals surface area contributed by atoms with E-state index in [1.165, 1.54) is 18.6 Å². The Morgan fingerprint density at radius 2 is 2.10 bits per heavy atom. The third-order valence-corrected chi connectivity index (χ3v) is 4.24. The minimum absolute atomic E-state index is 0.0701. The quantitative estimate of drug-likeness (QED) is 0.922. The van der Waals surface area contributed by atoms with Gasteiger partial charge in [0.25, 0.3) is 0 Å². The van der Waals surface area contributed by atoms with Crippen molar-refractivity contribution >= 4 is 5.91 Å². The van der Waals surface area contributed by atoms with Crippen LogP contribution in [-0.4, -0.2) is 18.6 Å². The van der Waals surface area contributed by atoms with Crippen LogP contribution < -0.4 is 10.1 Å². The van der Waals surface area contributed by atoms with Crippen molar-refractivity contribution in [2.45, 2.75) is 44.6 Å². The first-order chi connectivity index (χ1) is 9.72. The molecule has 1 aliphatic heterocycles. The van der Waals surface area contributed by atoms with Gasteiger partial charge in [-0.05, 0) is 31.0 Å². The van der Waals surface area contributed by atoms with Gasteiger partial charge in [0.15, 0.2) is 0 Å². The van der Waals surface area contributed by atoms with Crippen molar-refractivity contribution < 1.29 is 13.9 Å². The average molecular weight is 277 g/mol. The molecule has 1 atom stereocenters. The summed E-state index contributed by atoms with van der Waals surface area (Å²) in [6, 6.07) is 4.58. The molecule has 1 N–H and O–H groups in total. The summed E-state index contributed by atoms with van der Waals surface area (Å²) in [4.78, 5) is 12.1. The summed E-state index contributed by atoms with van der Waals surface area (Å²) in [5.74, 6) is 0.822. The molecular formula is C16H20FNO2. The van der Waals surface area contributed by atoms with Crippen molar-refractivity contribution in [3.63, 3.8) is 0 Å². The Bertz CT molecular complexity index is 497. The van der Waals surface area contributed by atoms with E-state index in [-0.39, 0.29) is 23.7 Å². The molecule has 1 aromatic rings. The molecule has 1 aromatic carbocycles. The number of hydrogen-bond acceptors (Lipinski definition) is 2. The standard InChI is InChI=1S/C16H20FNO2/c17-13-6-7-15-12(8-13)9-14(20-15)10-18-16(19)11-4-2-1-3-5-11/h6-8,11,14H,1-5,9-10H2,(H,18,19). The Morgan fingerprint density at radius 3 is 2.90 bits per heavy atom. The highest BCUT2D eigenvalue weighted by molar-refractivity contribution is 5.78. The van der Waals surface area contributed by atoms with E-state index in [2.05, 4.69) is 5.32 Å². The van der Waals surface area contributed by atoms with Crippen LogP contribution in [-0.2, 0) is 11.2 Å². The van der Waals surface area contributed by atoms with Gasteiger partial charge in [-0.25, -0.2) is 4.39 Å². The second kappa shape index (κ2) is 5.81. The van der Waals surface area contributed by atoms with Crippen LogP contribution >= 0.6 is 0 Å². The normalized spacial score (nSPS) is 22.1. The van der Waals surface area contributed by atoms with Gasteiger partial charge in [-0.15, -0.1) is 0 Å². The number of fused-ring (bicyclic) bond motifs is 1. The van der Waals surface area contributed by atoms with Gasteiger partial charge in [0, 0.05) is 17.9 Å². The fourth-order valence-electron chi connectivity index (χ4n) is 3.13. The number of benzene rings is 1. The van der Waals surface area contributed by atoms with E-state index in [1.54, 1.807) is 6.07 Å². The molecule has 0 spiro atoms. The monoisotopic (exact) mass is 277 g/mol. The molecule has 20 heavy (non-hydrogen) atoms. The number of carbonyl (C=O) groups is 1. The van der Waals surface area contributed by atoms with Crippen molar-refractivity contribution in [2.24, 2.45) is 5.92 Å². The number of carbonyl (C=O) groups excluding carboxylic acids is 1. The van der Waals surface area contributed by atoms with Crippen molar-refractivity contribution in [1.82, 2.24) is 5.32 Å². The van der Waals surface area contributed by atoms with Crippen LogP contribution in [0.25, 0.3) is 0 Å². The fourth-order valence-corrected chi connectivity index (χ4v) is 3.13. The van der Waals surface area contributed by atoms with Crippen LogP contribution in [0.2, 0.25) is 0 Å². The maximum Gasteiger partial charge on any atom is 0.223 e. The van der Waals surface area contributed by atoms with E-state index < -0.39 is 0 Å². The molecule has 0 aromatic heterocycles. The number of hydrogen-bond donors (Lipinski definition) is 1. The summed E-state index contributed by atoms with van der Waals surface area (Å²) in [5, 5.41) is 2.99. The van der Waals surface area contributed by atoms with E-state index in [4.69, 9.17) is 4.74 Å². The number of amides is 1. The van der Waals surface area contributed by atoms with Crippen LogP contribution in [0.5, 0.6) is 5.75 Å². The molecule has 1 aliphatic carbocycles. The van der Waals surface area contributed by atoms with E-state index in [0.717, 1.165) is 37.0 Å². The van der Waals surface area contributed by atoms with Crippen LogP contribution in [0, 0.1) is 11.7 Å². The van der Waals surface area contributed by atoms with Crippen LogP contribution in [0.15, 0.2) is 18.2 Å². The molecule has 0 bridgehead atoms. The van der Waals surface area contributed by atoms with Crippen molar-refractivity contribution in [3.05, 3.63) is 29.6 Å². The first-order valence-corrected chi connectivity index (χ1v) is 7.45. The fraction of sp³-hybridized carbons (Fsp3) is 0.562. The Labute approximate surface area is 118 Å². The molecule has 0 radical (unpaired) electrons. The van der Waals surface area contributed by atoms with Gasteiger partial charge < -0.3 is 10.1 Å². The largest absolute Gasteiger partial charge is 0.488 e. The zero-order chi connectivity index (χ0) is 13.9. The van der Waals surface area contributed by atoms with Crippen molar-refractivity contribution in [2.75, 3.05) is 6.54 Å². The number of halogens is 1. The third-order valence-electron chi connectivity index (χ3n) is 4.24. The number of rotatable bonds is 3. The maximum atomic E-state index is 13.1. The summed E-state index contributed by atoms with van der Waals surface area (Å²) in [6.45, 7) is 0.506. The molecule has 1 amide bonds. The number of ether oxygens (including phenoxy) is 1. The number of nitrogens with one attached hydrogen (secondary N) is 1. The molecule has 4 heteroatoms. The summed E-state index contributed by atoms with van der Waals surface area (Å²) >= 11 is 0. The summed E-state index contributed by atoms with van der Waals surface area (Å²) in [5.41, 5.74) is 0.891. The third kappa shape index (κ3) is 2.94. The van der Waals surface area contributed by atoms with Crippen molar-refractivity contribution in [1.29, 1.82) is 0 Å². The average Bonchev–Trinajstić information content (AvgIpc) is 2.87. The minimum atomic E-state index is -0.237. The van der Waals surface area contributed by atoms with Crippen LogP contribution in [0.4, 0.5) is 4.39 Å². The molecule has 2 aliphatic rings. The van der Waals surface area contributed by atoms with E-state index in [9.17, 15) is 9.18 Å². The van der Waals surface area contributed by atoms with Crippen LogP contribution in [0.1, 0.15) is 37.7 Å². The van der Waals surface area contributed by atoms with Gasteiger partial charge >= 0.3 is 0 Å². The second-order valence-corrected chi connectivity index (χ2v) is 5.78. The maximum absolute atomic E-state index is 13.1. The van der Waals surface area contributed by atoms with Crippen LogP contribution in [0.3, 0.4) is 0 Å². The Kier molecular flexibility index (Phi) is 3.90. The predicted molar refractivity (Wildman–Crippen MR) is 74.1 cm³/mol. The molecule has 1 fully saturated rings. The van der Waals surface area contributed by atoms with Gasteiger partial charge in [-0.1, -0.05) is 19.3 Å². The SMILES string of the molecule is O=C(NCC1Cc2cc(F)ccc2O1)C1CCCCC1. The molecular weight excluding hydrogens is 257 g/mol. The lowest BCUT2D eigenvalue weighted by molar-refractivity contribution is -0.126. The highest BCUT2D eigenvalue weighted by atomic mass is 19.1. The molecule has 1 heterocycles. The summed E-state index contributed by atoms with van der Waals surface area (Å²) in [6.07, 6.45) is 6.16. The van der Waals surface area contributed by atoms with Gasteiger partial charge in [-0.2, -0.15) is 0 Å². The molecule has 0 saturated heterocycles. The van der Waals surface area contributed by atoms with Gasteiger partial charge in [-0.3, -0.25) is 4.79 Å². The predicted octanol–water partition coefficient (Wildman–Crippen LogP) is 2.83. The van der Waals surface area contributed by atoms with Gasteiger partial charge in [0.1, 0.15) is 17.7 Å². The Hall–Kier alpha value is -1.58. The second-order valence-electron chi connectivity index (χ2n) is 5.78. The molecule has 108 valence electrons. The Morgan fingerprint density at radius 1 is 1.30 bits per heavy atom. The summed E-state index contributed by atoms with van der Waals surface area (Å²) in [7, 11) is 0. The molecule has 3 nitrogen and oxygen atoms in total. The van der Waals surface area contributed by atoms with Gasteiger partial charge in [0.05, 0.1) is 6.54 Å². The van der Waals surface area contributed by atoms with E-state index in [0.29, 0.717) is 13.0 Å². The van der Waals surface area contributed by atoms with Gasteiger partial charge in [0.2, 0.25) is 5.91 Å². The minimum Gasteiger partial charge on any atom is -0.488 e. The summed E-state index contributed by atoms with van der Waals surface area (Å²) < 4.78 is 18.8. The molecule has 1 unspecified atom stereocenters. The lowest BCUT2D eigenvalue weighted by atomic mass is 9.88. The van der Waals surface area contributed by atoms with E-state index >= 15 is 0 Å². The highest BCUT2D eigenvalue weighted by Crippen LogP contribution is 2.29. The zero-order valence-electron chi connectivity index (χ0n) is 11.5. The highest BCUT2D eigenvalue weighted by Gasteiger charge is 2.26. The Balaban J connectivity index is 1.49.